The molecule has 0 aliphatic heterocycles. The third-order valence-corrected chi connectivity index (χ3v) is 2.41. The Morgan fingerprint density at radius 3 is 2.44 bits per heavy atom. The Kier molecular flexibility index (Phi) is 4.31. The van der Waals surface area contributed by atoms with Gasteiger partial charge in [-0.15, -0.1) is 0 Å². The molecule has 0 radical (unpaired) electrons. The van der Waals surface area contributed by atoms with E-state index in [9.17, 15) is 14.7 Å². The van der Waals surface area contributed by atoms with Crippen LogP contribution in [0.4, 0.5) is 5.69 Å². The molecule has 0 saturated heterocycles. The Balaban J connectivity index is 2.97. The van der Waals surface area contributed by atoms with Crippen LogP contribution in [0.1, 0.15) is 36.2 Å². The molecule has 0 spiro atoms. The fraction of sp³-hybridized carbons (Fsp3) is 0.385. The van der Waals surface area contributed by atoms with Gasteiger partial charge in [-0.2, -0.15) is 0 Å². The van der Waals surface area contributed by atoms with Crippen LogP contribution in [0.15, 0.2) is 12.1 Å². The molecule has 3 N–H and O–H groups in total. The Morgan fingerprint density at radius 2 is 1.94 bits per heavy atom. The van der Waals surface area contributed by atoms with E-state index in [-0.39, 0.29) is 23.1 Å². The summed E-state index contributed by atoms with van der Waals surface area (Å²) in [6, 6.07) is 2.79. The molecule has 0 unspecified atom stereocenters. The number of carboxylic acids is 1. The summed E-state index contributed by atoms with van der Waals surface area (Å²) < 4.78 is 0. The van der Waals surface area contributed by atoms with Gasteiger partial charge in [0.25, 0.3) is 0 Å². The SMILES string of the molecule is Cc1cc(NC(=O)CC(C)C)cc(C(=O)O)c1O. The number of carbonyl (C=O) groups is 2. The van der Waals surface area contributed by atoms with Gasteiger partial charge >= 0.3 is 5.97 Å². The molecule has 0 heterocycles. The molecule has 0 bridgehead atoms. The number of benzene rings is 1. The highest BCUT2D eigenvalue weighted by molar-refractivity contribution is 5.96. The Hall–Kier alpha value is -2.04. The molecule has 1 aromatic rings. The summed E-state index contributed by atoms with van der Waals surface area (Å²) in [6.45, 7) is 5.43. The molecule has 1 aromatic carbocycles. The lowest BCUT2D eigenvalue weighted by atomic mass is 10.1. The van der Waals surface area contributed by atoms with Crippen LogP contribution in [0.5, 0.6) is 5.75 Å². The topological polar surface area (TPSA) is 86.6 Å². The molecule has 0 aromatic heterocycles. The van der Waals surface area contributed by atoms with Gasteiger partial charge in [0.1, 0.15) is 11.3 Å². The number of aryl methyl sites for hydroxylation is 1. The number of carbonyl (C=O) groups excluding carboxylic acids is 1. The maximum Gasteiger partial charge on any atom is 0.339 e. The summed E-state index contributed by atoms with van der Waals surface area (Å²) in [7, 11) is 0. The quantitative estimate of drug-likeness (QED) is 0.717. The van der Waals surface area contributed by atoms with Crippen molar-refractivity contribution in [1.82, 2.24) is 0 Å². The molecular weight excluding hydrogens is 234 g/mol. The van der Waals surface area contributed by atoms with Gasteiger partial charge < -0.3 is 15.5 Å². The molecule has 0 fully saturated rings. The zero-order valence-electron chi connectivity index (χ0n) is 10.7. The second kappa shape index (κ2) is 5.53. The number of aromatic hydroxyl groups is 1. The predicted molar refractivity (Wildman–Crippen MR) is 67.9 cm³/mol. The maximum absolute atomic E-state index is 11.6. The van der Waals surface area contributed by atoms with Crippen molar-refractivity contribution in [2.24, 2.45) is 5.92 Å². The van der Waals surface area contributed by atoms with Gasteiger partial charge in [0.15, 0.2) is 0 Å². The van der Waals surface area contributed by atoms with E-state index in [2.05, 4.69) is 5.32 Å². The van der Waals surface area contributed by atoms with Crippen molar-refractivity contribution in [3.8, 4) is 5.75 Å². The molecule has 18 heavy (non-hydrogen) atoms. The van der Waals surface area contributed by atoms with E-state index in [0.29, 0.717) is 17.7 Å². The van der Waals surface area contributed by atoms with E-state index in [1.165, 1.54) is 6.07 Å². The average Bonchev–Trinajstić information content (AvgIpc) is 2.21. The lowest BCUT2D eigenvalue weighted by Crippen LogP contribution is -2.14. The lowest BCUT2D eigenvalue weighted by molar-refractivity contribution is -0.116. The molecule has 1 amide bonds. The number of carboxylic acid groups (broad SMARTS) is 1. The van der Waals surface area contributed by atoms with Crippen LogP contribution >= 0.6 is 0 Å². The second-order valence-corrected chi connectivity index (χ2v) is 4.64. The molecule has 0 aliphatic rings. The highest BCUT2D eigenvalue weighted by atomic mass is 16.4. The molecule has 5 heteroatoms. The summed E-state index contributed by atoms with van der Waals surface area (Å²) in [5, 5.41) is 21.1. The lowest BCUT2D eigenvalue weighted by Gasteiger charge is -2.10. The van der Waals surface area contributed by atoms with Crippen molar-refractivity contribution in [3.05, 3.63) is 23.3 Å². The van der Waals surface area contributed by atoms with Gasteiger partial charge in [-0.3, -0.25) is 4.79 Å². The number of amides is 1. The average molecular weight is 251 g/mol. The van der Waals surface area contributed by atoms with Gasteiger partial charge in [0.2, 0.25) is 5.91 Å². The molecule has 0 saturated carbocycles. The fourth-order valence-corrected chi connectivity index (χ4v) is 1.60. The number of nitrogens with one attached hydrogen (secondary N) is 1. The van der Waals surface area contributed by atoms with Crippen LogP contribution in [-0.2, 0) is 4.79 Å². The van der Waals surface area contributed by atoms with Crippen LogP contribution in [0.2, 0.25) is 0 Å². The van der Waals surface area contributed by atoms with Crippen LogP contribution in [-0.4, -0.2) is 22.1 Å². The number of rotatable bonds is 4. The summed E-state index contributed by atoms with van der Waals surface area (Å²) in [5.41, 5.74) is 0.581. The minimum absolute atomic E-state index is 0.175. The molecule has 0 aliphatic carbocycles. The first kappa shape index (κ1) is 14.0. The number of hydrogen-bond donors (Lipinski definition) is 3. The van der Waals surface area contributed by atoms with Gasteiger partial charge in [0.05, 0.1) is 0 Å². The van der Waals surface area contributed by atoms with Crippen LogP contribution in [0, 0.1) is 12.8 Å². The van der Waals surface area contributed by atoms with E-state index in [4.69, 9.17) is 5.11 Å². The first-order valence-electron chi connectivity index (χ1n) is 5.68. The van der Waals surface area contributed by atoms with Crippen LogP contribution < -0.4 is 5.32 Å². The zero-order valence-corrected chi connectivity index (χ0v) is 10.7. The first-order valence-corrected chi connectivity index (χ1v) is 5.68. The first-order chi connectivity index (χ1) is 8.31. The van der Waals surface area contributed by atoms with Gasteiger partial charge in [-0.1, -0.05) is 13.8 Å². The molecule has 1 rings (SSSR count). The number of phenols is 1. The smallest absolute Gasteiger partial charge is 0.339 e. The minimum atomic E-state index is -1.23. The molecular formula is C13H17NO4. The number of aromatic carboxylic acids is 1. The Morgan fingerprint density at radius 1 is 1.33 bits per heavy atom. The van der Waals surface area contributed by atoms with E-state index in [0.717, 1.165) is 0 Å². The Bertz CT molecular complexity index is 480. The Labute approximate surface area is 105 Å². The second-order valence-electron chi connectivity index (χ2n) is 4.64. The summed E-state index contributed by atoms with van der Waals surface area (Å²) >= 11 is 0. The van der Waals surface area contributed by atoms with Crippen LogP contribution in [0.3, 0.4) is 0 Å². The van der Waals surface area contributed by atoms with Crippen molar-refractivity contribution < 1.29 is 19.8 Å². The molecule has 5 nitrogen and oxygen atoms in total. The van der Waals surface area contributed by atoms with Crippen molar-refractivity contribution >= 4 is 17.6 Å². The van der Waals surface area contributed by atoms with Gasteiger partial charge in [-0.25, -0.2) is 4.79 Å². The largest absolute Gasteiger partial charge is 0.507 e. The predicted octanol–water partition coefficient (Wildman–Crippen LogP) is 2.38. The van der Waals surface area contributed by atoms with E-state index < -0.39 is 5.97 Å². The monoisotopic (exact) mass is 251 g/mol. The third-order valence-electron chi connectivity index (χ3n) is 2.41. The van der Waals surface area contributed by atoms with Crippen molar-refractivity contribution in [1.29, 1.82) is 0 Å². The van der Waals surface area contributed by atoms with Crippen molar-refractivity contribution in [2.75, 3.05) is 5.32 Å². The maximum atomic E-state index is 11.6. The minimum Gasteiger partial charge on any atom is -0.507 e. The highest BCUT2D eigenvalue weighted by Crippen LogP contribution is 2.26. The van der Waals surface area contributed by atoms with E-state index >= 15 is 0 Å². The number of hydrogen-bond acceptors (Lipinski definition) is 3. The normalized spacial score (nSPS) is 10.4. The van der Waals surface area contributed by atoms with Crippen molar-refractivity contribution in [3.63, 3.8) is 0 Å². The zero-order chi connectivity index (χ0) is 13.9. The van der Waals surface area contributed by atoms with Gasteiger partial charge in [0, 0.05) is 12.1 Å². The summed E-state index contributed by atoms with van der Waals surface area (Å²) in [4.78, 5) is 22.5. The summed E-state index contributed by atoms with van der Waals surface area (Å²) in [6.07, 6.45) is 0.363. The number of anilines is 1. The van der Waals surface area contributed by atoms with Crippen molar-refractivity contribution in [2.45, 2.75) is 27.2 Å². The molecule has 0 atom stereocenters. The standard InChI is InChI=1S/C13H17NO4/c1-7(2)4-11(15)14-9-5-8(3)12(16)10(6-9)13(17)18/h5-7,16H,4H2,1-3H3,(H,14,15)(H,17,18). The highest BCUT2D eigenvalue weighted by Gasteiger charge is 2.14. The molecule has 98 valence electrons. The fourth-order valence-electron chi connectivity index (χ4n) is 1.60. The van der Waals surface area contributed by atoms with Gasteiger partial charge in [-0.05, 0) is 30.5 Å². The van der Waals surface area contributed by atoms with Crippen LogP contribution in [0.25, 0.3) is 0 Å². The van der Waals surface area contributed by atoms with E-state index in [1.807, 2.05) is 13.8 Å². The van der Waals surface area contributed by atoms with E-state index in [1.54, 1.807) is 13.0 Å². The summed E-state index contributed by atoms with van der Waals surface area (Å²) in [5.74, 6) is -1.45. The third kappa shape index (κ3) is 3.48.